The molecule has 8 nitrogen and oxygen atoms in total. The zero-order valence-corrected chi connectivity index (χ0v) is 41.9. The number of nitrogens with zero attached hydrogens (tertiary/aromatic N) is 8. The van der Waals surface area contributed by atoms with Gasteiger partial charge in [0.15, 0.2) is 23.3 Å². The molecule has 0 saturated carbocycles. The van der Waals surface area contributed by atoms with Crippen molar-refractivity contribution in [3.63, 3.8) is 0 Å². The van der Waals surface area contributed by atoms with Crippen LogP contribution in [0, 0.1) is 0 Å². The molecule has 0 bridgehead atoms. The van der Waals surface area contributed by atoms with E-state index in [4.69, 9.17) is 20.0 Å². The fraction of sp³-hybridized carbons (Fsp3) is 0.0645. The average Bonchev–Trinajstić information content (AvgIpc) is 1.71. The monoisotopic (exact) mass is 1120 g/mol. The maximum absolute atomic E-state index is 14.8. The lowest BCUT2D eigenvalue weighted by atomic mass is 9.97. The van der Waals surface area contributed by atoms with Crippen molar-refractivity contribution in [3.8, 4) is 0 Å². The Labute approximate surface area is 458 Å². The normalized spacial score (nSPS) is 15.9. The lowest BCUT2D eigenvalue weighted by molar-refractivity contribution is -0.138. The van der Waals surface area contributed by atoms with E-state index in [1.807, 2.05) is 0 Å². The molecule has 0 aromatic heterocycles. The predicted octanol–water partition coefficient (Wildman–Crippen LogP) is 16.9. The number of benzene rings is 8. The summed E-state index contributed by atoms with van der Waals surface area (Å²) in [5.74, 6) is -1.72. The highest BCUT2D eigenvalue weighted by Gasteiger charge is 2.47. The molecule has 20 heteroatoms. The number of hydrogen-bond acceptors (Lipinski definition) is 8. The van der Waals surface area contributed by atoms with Gasteiger partial charge in [0.05, 0.1) is 45.0 Å². The summed E-state index contributed by atoms with van der Waals surface area (Å²) in [6.45, 7) is 0. The third kappa shape index (κ3) is 9.64. The Morgan fingerprint density at radius 1 is 0.232 bits per heavy atom. The number of aliphatic imine (C=N–C) groups is 4. The maximum Gasteiger partial charge on any atom is 0.416 e. The van der Waals surface area contributed by atoms with E-state index in [-0.39, 0.29) is 68.9 Å². The van der Waals surface area contributed by atoms with Gasteiger partial charge in [-0.25, -0.2) is 20.0 Å². The molecule has 0 atom stereocenters. The van der Waals surface area contributed by atoms with Gasteiger partial charge in [-0.1, -0.05) is 146 Å². The van der Waals surface area contributed by atoms with Gasteiger partial charge in [0.25, 0.3) is 0 Å². The summed E-state index contributed by atoms with van der Waals surface area (Å²) in [4.78, 5) is 25.4. The van der Waals surface area contributed by atoms with Crippen LogP contribution < -0.4 is 19.6 Å². The van der Waals surface area contributed by atoms with Crippen molar-refractivity contribution in [1.82, 2.24) is 0 Å². The van der Waals surface area contributed by atoms with Crippen LogP contribution in [-0.4, -0.2) is 23.3 Å². The van der Waals surface area contributed by atoms with Gasteiger partial charge in [-0.3, -0.25) is 19.6 Å². The fourth-order valence-corrected chi connectivity index (χ4v) is 10.0. The van der Waals surface area contributed by atoms with Gasteiger partial charge >= 0.3 is 24.7 Å². The largest absolute Gasteiger partial charge is 0.416 e. The van der Waals surface area contributed by atoms with E-state index in [0.29, 0.717) is 22.3 Å². The van der Waals surface area contributed by atoms with Crippen molar-refractivity contribution in [2.24, 2.45) is 20.0 Å². The third-order valence-corrected chi connectivity index (χ3v) is 13.6. The first-order valence-corrected chi connectivity index (χ1v) is 24.9. The Morgan fingerprint density at radius 3 is 0.610 bits per heavy atom. The van der Waals surface area contributed by atoms with Gasteiger partial charge in [0, 0.05) is 45.0 Å². The second-order valence-electron chi connectivity index (χ2n) is 18.8. The molecule has 0 fully saturated rings. The zero-order valence-electron chi connectivity index (χ0n) is 41.9. The third-order valence-electron chi connectivity index (χ3n) is 13.6. The lowest BCUT2D eigenvalue weighted by Gasteiger charge is -2.41. The Morgan fingerprint density at radius 2 is 0.427 bits per heavy atom. The quantitative estimate of drug-likeness (QED) is 0.142. The molecule has 4 aliphatic heterocycles. The summed E-state index contributed by atoms with van der Waals surface area (Å²) in [5, 5.41) is 0. The molecule has 12 rings (SSSR count). The van der Waals surface area contributed by atoms with Crippen LogP contribution in [0.15, 0.2) is 250 Å². The molecule has 4 heterocycles. The first-order valence-electron chi connectivity index (χ1n) is 24.9. The second-order valence-corrected chi connectivity index (χ2v) is 18.8. The molecule has 408 valence electrons. The van der Waals surface area contributed by atoms with Gasteiger partial charge in [-0.15, -0.1) is 0 Å². The number of hydrogen-bond donors (Lipinski definition) is 0. The molecule has 0 spiro atoms. The number of halogens is 12. The summed E-state index contributed by atoms with van der Waals surface area (Å²) >= 11 is 0. The van der Waals surface area contributed by atoms with E-state index in [2.05, 4.69) is 0 Å². The molecule has 0 aliphatic carbocycles. The van der Waals surface area contributed by atoms with Gasteiger partial charge in [-0.05, 0) is 72.8 Å². The topological polar surface area (TPSA) is 62.4 Å². The van der Waals surface area contributed by atoms with Crippen LogP contribution in [0.5, 0.6) is 0 Å². The number of rotatable bonds is 8. The van der Waals surface area contributed by atoms with Gasteiger partial charge in [0.2, 0.25) is 11.6 Å². The molecule has 0 N–H and O–H groups in total. The summed E-state index contributed by atoms with van der Waals surface area (Å²) in [6.07, 6.45) is -19.5. The highest BCUT2D eigenvalue weighted by molar-refractivity contribution is 6.59. The Bertz CT molecular complexity index is 3530. The summed E-state index contributed by atoms with van der Waals surface area (Å²) in [7, 11) is 0. The number of fused-ring (bicyclic) bond motifs is 2. The Hall–Kier alpha value is -9.98. The van der Waals surface area contributed by atoms with E-state index in [0.717, 1.165) is 48.5 Å². The standard InChI is InChI=1S/C62H36F12N8/c63-59(64,65)41-25-13-29-45(33-41)79-49(37-17-5-1-6-18-37)50(38-19-7-2-8-20-38)80(46-30-14-26-42(34-46)60(66,67)68)56-55(79)75-53(76-56)54-77-57-58(78-54)82(48-32-16-28-44(36-48)62(72,73)74)52(40-23-11-4-12-24-40)51(39-21-9-3-10-22-39)81(57)47-31-15-27-43(35-47)61(69,70)71/h1-36H. The van der Waals surface area contributed by atoms with Crippen LogP contribution >= 0.6 is 0 Å². The van der Waals surface area contributed by atoms with E-state index >= 15 is 0 Å². The van der Waals surface area contributed by atoms with E-state index in [9.17, 15) is 52.7 Å². The number of alkyl halides is 12. The summed E-state index contributed by atoms with van der Waals surface area (Å²) in [6, 6.07) is 50.6. The fourth-order valence-electron chi connectivity index (χ4n) is 10.0. The Balaban J connectivity index is 1.20. The first-order chi connectivity index (χ1) is 39.2. The molecule has 0 unspecified atom stereocenters. The minimum absolute atomic E-state index is 0.114. The van der Waals surface area contributed by atoms with Crippen LogP contribution in [0.4, 0.5) is 75.4 Å². The zero-order chi connectivity index (χ0) is 57.3. The minimum atomic E-state index is -4.87. The van der Waals surface area contributed by atoms with Crippen molar-refractivity contribution in [1.29, 1.82) is 0 Å². The highest BCUT2D eigenvalue weighted by Crippen LogP contribution is 2.49. The molecule has 8 aromatic rings. The average molecular weight is 1120 g/mol. The molecule has 8 aromatic carbocycles. The molecular formula is C62H36F12N8. The summed E-state index contributed by atoms with van der Waals surface area (Å²) < 4.78 is 177. The van der Waals surface area contributed by atoms with Gasteiger partial charge in [-0.2, -0.15) is 52.7 Å². The molecule has 0 radical (unpaired) electrons. The van der Waals surface area contributed by atoms with Gasteiger partial charge < -0.3 is 0 Å². The van der Waals surface area contributed by atoms with Crippen molar-refractivity contribution in [2.45, 2.75) is 24.7 Å². The molecule has 0 amide bonds. The number of anilines is 4. The van der Waals surface area contributed by atoms with Crippen molar-refractivity contribution >= 4 is 68.9 Å². The van der Waals surface area contributed by atoms with E-state index in [1.54, 1.807) is 121 Å². The van der Waals surface area contributed by atoms with Crippen molar-refractivity contribution in [2.75, 3.05) is 19.6 Å². The summed E-state index contributed by atoms with van der Waals surface area (Å²) in [5.41, 5.74) is -2.68. The number of amidine groups is 4. The molecule has 4 aliphatic rings. The SMILES string of the molecule is FC(F)(F)c1cccc(N2C3=NC(=C4N=C5C(=N4)N(c4cccc(C(F)(F)F)c4)C(c4ccccc4)=C(c4ccccc4)N5c4cccc(C(F)(F)F)c4)N=C3N(c3cccc(C(F)(F)F)c3)C(c3ccccc3)=C2c2ccccc2)c1. The van der Waals surface area contributed by atoms with Gasteiger partial charge in [0.1, 0.15) is 0 Å². The predicted molar refractivity (Wildman–Crippen MR) is 292 cm³/mol. The van der Waals surface area contributed by atoms with Crippen molar-refractivity contribution < 1.29 is 52.7 Å². The highest BCUT2D eigenvalue weighted by atomic mass is 19.4. The lowest BCUT2D eigenvalue weighted by Crippen LogP contribution is -2.49. The molecular weight excluding hydrogens is 1080 g/mol. The first kappa shape index (κ1) is 52.7. The van der Waals surface area contributed by atoms with Crippen LogP contribution in [0.2, 0.25) is 0 Å². The minimum Gasteiger partial charge on any atom is -0.289 e. The van der Waals surface area contributed by atoms with Crippen molar-refractivity contribution in [3.05, 3.63) is 275 Å². The Kier molecular flexibility index (Phi) is 12.8. The van der Waals surface area contributed by atoms with E-state index in [1.165, 1.54) is 68.1 Å². The van der Waals surface area contributed by atoms with Crippen LogP contribution in [0.1, 0.15) is 44.5 Å². The molecule has 82 heavy (non-hydrogen) atoms. The van der Waals surface area contributed by atoms with E-state index < -0.39 is 58.6 Å². The smallest absolute Gasteiger partial charge is 0.289 e. The van der Waals surface area contributed by atoms with Crippen LogP contribution in [-0.2, 0) is 24.7 Å². The maximum atomic E-state index is 14.8. The van der Waals surface area contributed by atoms with Crippen LogP contribution in [0.25, 0.3) is 22.8 Å². The molecule has 0 saturated heterocycles. The van der Waals surface area contributed by atoms with Crippen LogP contribution in [0.3, 0.4) is 0 Å². The second kappa shape index (κ2) is 20.0.